The van der Waals surface area contributed by atoms with E-state index in [9.17, 15) is 13.2 Å². The predicted molar refractivity (Wildman–Crippen MR) is 133 cm³/mol. The van der Waals surface area contributed by atoms with Crippen molar-refractivity contribution in [3.63, 3.8) is 0 Å². The van der Waals surface area contributed by atoms with Crippen LogP contribution in [0.15, 0.2) is 76.1 Å². The van der Waals surface area contributed by atoms with Crippen LogP contribution in [0.25, 0.3) is 6.08 Å². The van der Waals surface area contributed by atoms with Crippen molar-refractivity contribution in [1.82, 2.24) is 14.5 Å². The first-order valence-corrected chi connectivity index (χ1v) is 13.2. The number of rotatable bonds is 8. The molecule has 2 aromatic carbocycles. The third kappa shape index (κ3) is 5.78. The minimum atomic E-state index is -3.62. The Labute approximate surface area is 210 Å². The molecule has 188 valence electrons. The number of hydrogen-bond donors (Lipinski definition) is 1. The zero-order valence-electron chi connectivity index (χ0n) is 19.6. The van der Waals surface area contributed by atoms with Gasteiger partial charge in [0, 0.05) is 38.8 Å². The molecule has 0 unspecified atom stereocenters. The van der Waals surface area contributed by atoms with Gasteiger partial charge in [0.15, 0.2) is 11.5 Å². The quantitative estimate of drug-likeness (QED) is 0.466. The minimum Gasteiger partial charge on any atom is -0.460 e. The van der Waals surface area contributed by atoms with E-state index < -0.39 is 10.0 Å². The van der Waals surface area contributed by atoms with Crippen LogP contribution in [0.2, 0.25) is 0 Å². The molecular weight excluding hydrogens is 482 g/mol. The van der Waals surface area contributed by atoms with Crippen LogP contribution < -0.4 is 14.2 Å². The molecule has 0 aliphatic carbocycles. The molecule has 5 rings (SSSR count). The van der Waals surface area contributed by atoms with Gasteiger partial charge in [-0.3, -0.25) is 9.69 Å². The van der Waals surface area contributed by atoms with Gasteiger partial charge in [0.2, 0.25) is 22.7 Å². The van der Waals surface area contributed by atoms with Crippen molar-refractivity contribution in [1.29, 1.82) is 0 Å². The molecule has 0 saturated carbocycles. The lowest BCUT2D eigenvalue weighted by atomic mass is 10.1. The lowest BCUT2D eigenvalue weighted by molar-refractivity contribution is -0.127. The first-order chi connectivity index (χ1) is 17.5. The van der Waals surface area contributed by atoms with Crippen molar-refractivity contribution < 1.29 is 27.1 Å². The third-order valence-electron chi connectivity index (χ3n) is 6.09. The molecule has 36 heavy (non-hydrogen) atoms. The highest BCUT2D eigenvalue weighted by Crippen LogP contribution is 2.32. The Kier molecular flexibility index (Phi) is 7.08. The molecule has 2 aliphatic rings. The van der Waals surface area contributed by atoms with Gasteiger partial charge in [0.1, 0.15) is 11.5 Å². The Balaban J connectivity index is 1.08. The van der Waals surface area contributed by atoms with Gasteiger partial charge in [-0.05, 0) is 48.0 Å². The maximum atomic E-state index is 12.6. The monoisotopic (exact) mass is 509 g/mol. The van der Waals surface area contributed by atoms with Gasteiger partial charge >= 0.3 is 0 Å². The number of piperazine rings is 1. The smallest absolute Gasteiger partial charge is 0.246 e. The van der Waals surface area contributed by atoms with Crippen LogP contribution >= 0.6 is 0 Å². The summed E-state index contributed by atoms with van der Waals surface area (Å²) in [5.41, 5.74) is 1.15. The number of amides is 1. The molecule has 9 nitrogen and oxygen atoms in total. The Morgan fingerprint density at radius 2 is 1.72 bits per heavy atom. The first-order valence-electron chi connectivity index (χ1n) is 11.7. The molecule has 0 spiro atoms. The van der Waals surface area contributed by atoms with Crippen molar-refractivity contribution in [3.8, 4) is 11.5 Å². The van der Waals surface area contributed by atoms with Gasteiger partial charge in [-0.25, -0.2) is 13.1 Å². The molecule has 1 saturated heterocycles. The lowest BCUT2D eigenvalue weighted by Crippen LogP contribution is -2.47. The van der Waals surface area contributed by atoms with Crippen molar-refractivity contribution in [2.45, 2.75) is 18.0 Å². The van der Waals surface area contributed by atoms with Crippen LogP contribution in [0.5, 0.6) is 11.5 Å². The molecule has 10 heteroatoms. The number of benzene rings is 2. The Morgan fingerprint density at radius 3 is 2.53 bits per heavy atom. The fourth-order valence-corrected chi connectivity index (χ4v) is 5.13. The number of sulfonamides is 1. The average Bonchev–Trinajstić information content (AvgIpc) is 3.56. The van der Waals surface area contributed by atoms with Crippen molar-refractivity contribution in [2.75, 3.05) is 33.0 Å². The number of ether oxygens (including phenoxy) is 2. The Hall–Kier alpha value is -3.60. The molecule has 0 radical (unpaired) electrons. The maximum absolute atomic E-state index is 12.6. The van der Waals surface area contributed by atoms with E-state index >= 15 is 0 Å². The summed E-state index contributed by atoms with van der Waals surface area (Å²) in [6, 6.07) is 17.5. The number of furan rings is 1. The van der Waals surface area contributed by atoms with Crippen LogP contribution in [-0.4, -0.2) is 57.1 Å². The second-order valence-electron chi connectivity index (χ2n) is 8.56. The summed E-state index contributed by atoms with van der Waals surface area (Å²) in [7, 11) is -3.62. The molecule has 1 fully saturated rings. The molecular formula is C26H27N3O6S. The summed E-state index contributed by atoms with van der Waals surface area (Å²) < 4.78 is 43.7. The van der Waals surface area contributed by atoms with Crippen LogP contribution in [0, 0.1) is 0 Å². The van der Waals surface area contributed by atoms with Gasteiger partial charge in [0.05, 0.1) is 11.4 Å². The SMILES string of the molecule is O=C(/C=C/c1ccc(CNS(=O)(=O)c2ccccc2)o1)N1CCN(Cc2ccc3c(c2)OCO3)CC1. The highest BCUT2D eigenvalue weighted by Gasteiger charge is 2.21. The van der Waals surface area contributed by atoms with Gasteiger partial charge in [-0.2, -0.15) is 0 Å². The summed E-state index contributed by atoms with van der Waals surface area (Å²) in [5, 5.41) is 0. The normalized spacial score (nSPS) is 16.1. The van der Waals surface area contributed by atoms with Crippen LogP contribution in [0.3, 0.4) is 0 Å². The number of carbonyl (C=O) groups is 1. The predicted octanol–water partition coefficient (Wildman–Crippen LogP) is 2.84. The molecule has 3 heterocycles. The zero-order valence-corrected chi connectivity index (χ0v) is 20.4. The van der Waals surface area contributed by atoms with E-state index in [4.69, 9.17) is 13.9 Å². The summed E-state index contributed by atoms with van der Waals surface area (Å²) >= 11 is 0. The van der Waals surface area contributed by atoms with Crippen LogP contribution in [0.1, 0.15) is 17.1 Å². The highest BCUT2D eigenvalue weighted by atomic mass is 32.2. The van der Waals surface area contributed by atoms with E-state index in [0.717, 1.165) is 36.7 Å². The van der Waals surface area contributed by atoms with E-state index in [2.05, 4.69) is 9.62 Å². The van der Waals surface area contributed by atoms with E-state index in [-0.39, 0.29) is 24.1 Å². The minimum absolute atomic E-state index is 0.0182. The number of nitrogens with zero attached hydrogens (tertiary/aromatic N) is 2. The average molecular weight is 510 g/mol. The standard InChI is InChI=1S/C26H27N3O6S/c30-26(29-14-12-28(13-15-29)18-20-6-10-24-25(16-20)34-19-33-24)11-9-21-7-8-22(35-21)17-27-36(31,32)23-4-2-1-3-5-23/h1-11,16,27H,12-15,17-19H2/b11-9+. The maximum Gasteiger partial charge on any atom is 0.246 e. The van der Waals surface area contributed by atoms with Crippen molar-refractivity contribution >= 4 is 22.0 Å². The van der Waals surface area contributed by atoms with Crippen molar-refractivity contribution in [3.05, 3.63) is 83.8 Å². The molecule has 0 atom stereocenters. The molecule has 1 amide bonds. The van der Waals surface area contributed by atoms with Gasteiger partial charge in [0.25, 0.3) is 0 Å². The lowest BCUT2D eigenvalue weighted by Gasteiger charge is -2.34. The Bertz CT molecular complexity index is 1350. The van der Waals surface area contributed by atoms with Crippen LogP contribution in [0.4, 0.5) is 0 Å². The third-order valence-corrected chi connectivity index (χ3v) is 7.51. The summed E-state index contributed by atoms with van der Waals surface area (Å²) in [6.07, 6.45) is 3.10. The van der Waals surface area contributed by atoms with Crippen LogP contribution in [-0.2, 0) is 27.9 Å². The molecule has 1 N–H and O–H groups in total. The van der Waals surface area contributed by atoms with Gasteiger partial charge in [-0.15, -0.1) is 0 Å². The summed E-state index contributed by atoms with van der Waals surface area (Å²) in [4.78, 5) is 17.0. The van der Waals surface area contributed by atoms with E-state index in [1.165, 1.54) is 18.2 Å². The van der Waals surface area contributed by atoms with Crippen molar-refractivity contribution in [2.24, 2.45) is 0 Å². The number of fused-ring (bicyclic) bond motifs is 1. The van der Waals surface area contributed by atoms with E-state index in [0.29, 0.717) is 24.6 Å². The molecule has 2 aliphatic heterocycles. The second-order valence-corrected chi connectivity index (χ2v) is 10.3. The second kappa shape index (κ2) is 10.6. The van der Waals surface area contributed by atoms with E-state index in [1.54, 1.807) is 36.4 Å². The summed E-state index contributed by atoms with van der Waals surface area (Å²) in [5.74, 6) is 2.41. The highest BCUT2D eigenvalue weighted by molar-refractivity contribution is 7.89. The fraction of sp³-hybridized carbons (Fsp3) is 0.269. The number of nitrogens with one attached hydrogen (secondary N) is 1. The largest absolute Gasteiger partial charge is 0.460 e. The van der Waals surface area contributed by atoms with E-state index in [1.807, 2.05) is 23.1 Å². The number of carbonyl (C=O) groups excluding carboxylic acids is 1. The molecule has 0 bridgehead atoms. The van der Waals surface area contributed by atoms with Gasteiger partial charge in [-0.1, -0.05) is 24.3 Å². The topological polar surface area (TPSA) is 101 Å². The van der Waals surface area contributed by atoms with Gasteiger partial charge < -0.3 is 18.8 Å². The number of hydrogen-bond acceptors (Lipinski definition) is 7. The zero-order chi connectivity index (χ0) is 25.0. The molecule has 1 aromatic heterocycles. The Morgan fingerprint density at radius 1 is 0.944 bits per heavy atom. The fourth-order valence-electron chi connectivity index (χ4n) is 4.11. The molecule has 3 aromatic rings. The summed E-state index contributed by atoms with van der Waals surface area (Å²) in [6.45, 7) is 3.90. The first kappa shape index (κ1) is 24.1.